The summed E-state index contributed by atoms with van der Waals surface area (Å²) in [6.45, 7) is 4.97. The first kappa shape index (κ1) is 23.5. The van der Waals surface area contributed by atoms with Gasteiger partial charge in [-0.15, -0.1) is 0 Å². The minimum absolute atomic E-state index is 0.0221. The molecule has 1 aliphatic carbocycles. The van der Waals surface area contributed by atoms with Crippen LogP contribution >= 0.6 is 0 Å². The fraction of sp³-hybridized carbons (Fsp3) is 0.737. The zero-order chi connectivity index (χ0) is 22.8. The number of rotatable bonds is 4. The molecule has 1 amide bonds. The number of amides is 1. The lowest BCUT2D eigenvalue weighted by Crippen LogP contribution is -2.55. The first-order valence-corrected chi connectivity index (χ1v) is 10.2. The van der Waals surface area contributed by atoms with Crippen LogP contribution in [0.25, 0.3) is 0 Å². The molecule has 31 heavy (non-hydrogen) atoms. The van der Waals surface area contributed by atoms with Crippen LogP contribution in [0.3, 0.4) is 0 Å². The molecule has 2 aliphatic heterocycles. The van der Waals surface area contributed by atoms with Crippen molar-refractivity contribution >= 4 is 11.9 Å². The Labute approximate surface area is 177 Å². The molecular weight excluding hydrogens is 421 g/mol. The van der Waals surface area contributed by atoms with Crippen molar-refractivity contribution in [2.75, 3.05) is 39.9 Å². The molecule has 1 aromatic rings. The van der Waals surface area contributed by atoms with Crippen molar-refractivity contribution in [2.24, 2.45) is 5.92 Å². The van der Waals surface area contributed by atoms with Crippen LogP contribution in [0.15, 0.2) is 6.33 Å². The Morgan fingerprint density at radius 1 is 1.26 bits per heavy atom. The number of aliphatic carboxylic acids is 1. The normalized spacial score (nSPS) is 25.6. The topological polar surface area (TPSA) is 108 Å². The molecule has 174 valence electrons. The smallest absolute Gasteiger partial charge is 0.475 e. The number of carboxylic acid groups (broad SMARTS) is 1. The fourth-order valence-corrected chi connectivity index (χ4v) is 4.20. The molecule has 0 bridgehead atoms. The van der Waals surface area contributed by atoms with Crippen LogP contribution in [0.5, 0.6) is 0 Å². The Morgan fingerprint density at radius 2 is 1.94 bits per heavy atom. The molecule has 0 spiro atoms. The third-order valence-corrected chi connectivity index (χ3v) is 5.97. The summed E-state index contributed by atoms with van der Waals surface area (Å²) in [4.78, 5) is 30.6. The lowest BCUT2D eigenvalue weighted by atomic mass is 9.81. The Balaban J connectivity index is 0.000000339. The number of hydrogen-bond donors (Lipinski definition) is 2. The van der Waals surface area contributed by atoms with E-state index in [2.05, 4.69) is 14.5 Å². The number of piperazine rings is 1. The molecule has 1 aromatic heterocycles. The molecular formula is C19H27F3N4O5. The number of aliphatic hydroxyl groups is 1. The van der Waals surface area contributed by atoms with E-state index in [1.54, 1.807) is 7.11 Å². The Kier molecular flexibility index (Phi) is 7.22. The van der Waals surface area contributed by atoms with Crippen molar-refractivity contribution in [2.45, 2.75) is 44.1 Å². The summed E-state index contributed by atoms with van der Waals surface area (Å²) >= 11 is 0. The van der Waals surface area contributed by atoms with Crippen LogP contribution in [-0.4, -0.2) is 93.6 Å². The number of carboxylic acids is 1. The van der Waals surface area contributed by atoms with Gasteiger partial charge in [0.15, 0.2) is 0 Å². The average molecular weight is 448 g/mol. The van der Waals surface area contributed by atoms with Gasteiger partial charge in [0.05, 0.1) is 30.8 Å². The number of alkyl halides is 3. The lowest BCUT2D eigenvalue weighted by molar-refractivity contribution is -0.192. The molecule has 3 heterocycles. The maximum Gasteiger partial charge on any atom is 0.490 e. The summed E-state index contributed by atoms with van der Waals surface area (Å²) in [7, 11) is 1.72. The predicted molar refractivity (Wildman–Crippen MR) is 101 cm³/mol. The van der Waals surface area contributed by atoms with E-state index in [-0.39, 0.29) is 24.0 Å². The minimum atomic E-state index is -5.08. The maximum absolute atomic E-state index is 12.6. The van der Waals surface area contributed by atoms with Gasteiger partial charge in [0, 0.05) is 57.9 Å². The number of aromatic nitrogens is 2. The minimum Gasteiger partial charge on any atom is -0.475 e. The molecule has 1 saturated carbocycles. The summed E-state index contributed by atoms with van der Waals surface area (Å²) in [5.74, 6) is -2.52. The van der Waals surface area contributed by atoms with Crippen molar-refractivity contribution in [3.05, 3.63) is 17.7 Å². The number of nitrogens with zero attached hydrogens (tertiary/aromatic N) is 4. The van der Waals surface area contributed by atoms with E-state index in [0.29, 0.717) is 19.4 Å². The second kappa shape index (κ2) is 9.53. The highest BCUT2D eigenvalue weighted by Crippen LogP contribution is 2.34. The van der Waals surface area contributed by atoms with Crippen LogP contribution in [0.4, 0.5) is 13.2 Å². The Bertz CT molecular complexity index is 794. The molecule has 0 aromatic carbocycles. The van der Waals surface area contributed by atoms with Crippen LogP contribution in [-0.2, 0) is 27.3 Å². The van der Waals surface area contributed by atoms with Crippen molar-refractivity contribution in [3.8, 4) is 0 Å². The number of halogens is 3. The van der Waals surface area contributed by atoms with Gasteiger partial charge in [-0.2, -0.15) is 13.2 Å². The van der Waals surface area contributed by atoms with Gasteiger partial charge in [-0.1, -0.05) is 0 Å². The largest absolute Gasteiger partial charge is 0.490 e. The van der Waals surface area contributed by atoms with Gasteiger partial charge in [-0.05, 0) is 12.8 Å². The third kappa shape index (κ3) is 5.36. The molecule has 0 radical (unpaired) electrons. The summed E-state index contributed by atoms with van der Waals surface area (Å²) in [5, 5.41) is 16.6. The number of carbonyl (C=O) groups is 2. The first-order valence-electron chi connectivity index (χ1n) is 10.2. The van der Waals surface area contributed by atoms with Gasteiger partial charge in [0.1, 0.15) is 0 Å². The van der Waals surface area contributed by atoms with E-state index in [9.17, 15) is 23.1 Å². The van der Waals surface area contributed by atoms with Crippen molar-refractivity contribution < 1.29 is 37.7 Å². The van der Waals surface area contributed by atoms with Gasteiger partial charge in [-0.25, -0.2) is 9.78 Å². The third-order valence-electron chi connectivity index (χ3n) is 5.97. The summed E-state index contributed by atoms with van der Waals surface area (Å²) < 4.78 is 39.1. The van der Waals surface area contributed by atoms with Gasteiger partial charge < -0.3 is 24.4 Å². The Hall–Kier alpha value is -2.18. The summed E-state index contributed by atoms with van der Waals surface area (Å²) in [5.41, 5.74) is 2.42. The van der Waals surface area contributed by atoms with Crippen LogP contribution in [0, 0.1) is 5.92 Å². The van der Waals surface area contributed by atoms with Crippen LogP contribution in [0.2, 0.25) is 0 Å². The maximum atomic E-state index is 12.6. The van der Waals surface area contributed by atoms with E-state index in [4.69, 9.17) is 14.6 Å². The zero-order valence-electron chi connectivity index (χ0n) is 17.2. The van der Waals surface area contributed by atoms with Crippen molar-refractivity contribution in [1.82, 2.24) is 19.4 Å². The SMILES string of the molecule is COCCn1cnc2c1CCN1CCN(C(=O)C3CC(O)C3)CC21.O=C(O)C(F)(F)F. The number of imidazole rings is 1. The number of ether oxygens (including phenoxy) is 1. The van der Waals surface area contributed by atoms with E-state index in [1.807, 2.05) is 11.2 Å². The molecule has 1 atom stereocenters. The monoisotopic (exact) mass is 448 g/mol. The van der Waals surface area contributed by atoms with Gasteiger partial charge in [-0.3, -0.25) is 9.69 Å². The molecule has 1 saturated heterocycles. The average Bonchev–Trinajstić information content (AvgIpc) is 3.12. The zero-order valence-corrected chi connectivity index (χ0v) is 17.2. The highest BCUT2D eigenvalue weighted by Gasteiger charge is 2.41. The lowest BCUT2D eigenvalue weighted by Gasteiger charge is -2.45. The summed E-state index contributed by atoms with van der Waals surface area (Å²) in [6, 6.07) is 0.209. The Morgan fingerprint density at radius 3 is 2.52 bits per heavy atom. The number of aliphatic hydroxyl groups excluding tert-OH is 1. The molecule has 3 aliphatic rings. The van der Waals surface area contributed by atoms with E-state index < -0.39 is 12.1 Å². The molecule has 4 rings (SSSR count). The second-order valence-electron chi connectivity index (χ2n) is 7.97. The molecule has 2 fully saturated rings. The highest BCUT2D eigenvalue weighted by atomic mass is 19.4. The molecule has 1 unspecified atom stereocenters. The summed E-state index contributed by atoms with van der Waals surface area (Å²) in [6.07, 6.45) is -1.19. The number of fused-ring (bicyclic) bond motifs is 3. The quantitative estimate of drug-likeness (QED) is 0.697. The highest BCUT2D eigenvalue weighted by molar-refractivity contribution is 5.80. The fourth-order valence-electron chi connectivity index (χ4n) is 4.20. The number of hydrogen-bond acceptors (Lipinski definition) is 6. The molecule has 12 heteroatoms. The second-order valence-corrected chi connectivity index (χ2v) is 7.97. The predicted octanol–water partition coefficient (Wildman–Crippen LogP) is 0.675. The van der Waals surface area contributed by atoms with Crippen molar-refractivity contribution in [3.63, 3.8) is 0 Å². The number of methoxy groups -OCH3 is 1. The van der Waals surface area contributed by atoms with E-state index >= 15 is 0 Å². The van der Waals surface area contributed by atoms with Crippen molar-refractivity contribution in [1.29, 1.82) is 0 Å². The molecule has 2 N–H and O–H groups in total. The van der Waals surface area contributed by atoms with E-state index in [1.165, 1.54) is 5.69 Å². The molecule has 9 nitrogen and oxygen atoms in total. The van der Waals surface area contributed by atoms with Gasteiger partial charge in [0.2, 0.25) is 5.91 Å². The standard InChI is InChI=1S/C17H26N4O3.C2HF3O2/c1-24-7-6-21-11-18-16-14(21)2-3-19-4-5-20(10-15(16)19)17(23)12-8-13(22)9-12;3-2(4,5)1(6)7/h11-13,15,22H,2-10H2,1H3;(H,6,7). The number of carbonyl (C=O) groups excluding carboxylic acids is 1. The first-order chi connectivity index (χ1) is 14.6. The van der Waals surface area contributed by atoms with E-state index in [0.717, 1.165) is 44.8 Å². The van der Waals surface area contributed by atoms with Gasteiger partial charge in [0.25, 0.3) is 0 Å². The van der Waals surface area contributed by atoms with Crippen LogP contribution < -0.4 is 0 Å². The van der Waals surface area contributed by atoms with Crippen LogP contribution in [0.1, 0.15) is 30.3 Å². The van der Waals surface area contributed by atoms with Gasteiger partial charge >= 0.3 is 12.1 Å².